The largest absolute Gasteiger partial charge is 0.352 e. The van der Waals surface area contributed by atoms with Crippen LogP contribution in [-0.4, -0.2) is 21.5 Å². The lowest BCUT2D eigenvalue weighted by Crippen LogP contribution is -2.43. The maximum absolute atomic E-state index is 14.4. The van der Waals surface area contributed by atoms with Crippen LogP contribution in [0.3, 0.4) is 0 Å². The third-order valence-corrected chi connectivity index (χ3v) is 8.12. The summed E-state index contributed by atoms with van der Waals surface area (Å²) in [5, 5.41) is 4.11. The number of imidazole rings is 1. The number of halogens is 2. The Morgan fingerprint density at radius 2 is 1.66 bits per heavy atom. The van der Waals surface area contributed by atoms with Crippen molar-refractivity contribution in [1.82, 2.24) is 14.9 Å². The van der Waals surface area contributed by atoms with Gasteiger partial charge in [-0.15, -0.1) is 0 Å². The van der Waals surface area contributed by atoms with E-state index >= 15 is 0 Å². The number of aromatic nitrogens is 2. The molecule has 186 valence electrons. The second-order valence-corrected chi connectivity index (χ2v) is 10.8. The number of carbonyl (C=O) groups is 1. The van der Waals surface area contributed by atoms with Gasteiger partial charge in [0.1, 0.15) is 17.7 Å². The Morgan fingerprint density at radius 1 is 0.971 bits per heavy atom. The molecule has 2 aliphatic rings. The van der Waals surface area contributed by atoms with E-state index in [1.807, 2.05) is 24.3 Å². The monoisotopic (exact) mass is 495 g/mol. The molecule has 1 atom stereocenters. The van der Waals surface area contributed by atoms with Crippen LogP contribution in [0.15, 0.2) is 42.5 Å². The average Bonchev–Trinajstić information content (AvgIpc) is 3.22. The lowest BCUT2D eigenvalue weighted by atomic mass is 9.82. The van der Waals surface area contributed by atoms with Gasteiger partial charge in [0.15, 0.2) is 0 Å². The first-order valence-corrected chi connectivity index (χ1v) is 13.7. The molecule has 6 heteroatoms. The number of fused-ring (bicyclic) bond motifs is 1. The van der Waals surface area contributed by atoms with Crippen molar-refractivity contribution in [2.45, 2.75) is 89.1 Å². The van der Waals surface area contributed by atoms with Crippen molar-refractivity contribution in [2.75, 3.05) is 0 Å². The molecule has 0 radical (unpaired) electrons. The molecular formula is C29H35ClFN3O. The molecule has 1 heterocycles. The Kier molecular flexibility index (Phi) is 7.72. The van der Waals surface area contributed by atoms with Crippen molar-refractivity contribution in [3.8, 4) is 0 Å². The topological polar surface area (TPSA) is 46.9 Å². The molecule has 0 saturated heterocycles. The van der Waals surface area contributed by atoms with E-state index in [-0.39, 0.29) is 29.7 Å². The smallest absolute Gasteiger partial charge is 0.243 e. The van der Waals surface area contributed by atoms with Gasteiger partial charge in [-0.1, -0.05) is 62.3 Å². The molecule has 2 aliphatic carbocycles. The molecule has 3 aromatic rings. The zero-order valence-corrected chi connectivity index (χ0v) is 21.1. The molecule has 35 heavy (non-hydrogen) atoms. The summed E-state index contributed by atoms with van der Waals surface area (Å²) in [6, 6.07) is 12.5. The molecule has 5 rings (SSSR count). The van der Waals surface area contributed by atoms with Crippen LogP contribution in [0, 0.1) is 11.7 Å². The van der Waals surface area contributed by atoms with Crippen molar-refractivity contribution in [3.05, 3.63) is 64.7 Å². The van der Waals surface area contributed by atoms with Crippen LogP contribution >= 0.6 is 11.6 Å². The molecule has 1 amide bonds. The highest BCUT2D eigenvalue weighted by Crippen LogP contribution is 2.37. The van der Waals surface area contributed by atoms with Crippen LogP contribution in [0.2, 0.25) is 5.02 Å². The Bertz CT molecular complexity index is 1150. The molecule has 2 saturated carbocycles. The lowest BCUT2D eigenvalue weighted by Gasteiger charge is -2.33. The summed E-state index contributed by atoms with van der Waals surface area (Å²) in [5.41, 5.74) is 2.65. The lowest BCUT2D eigenvalue weighted by molar-refractivity contribution is -0.127. The van der Waals surface area contributed by atoms with Crippen LogP contribution < -0.4 is 5.32 Å². The second kappa shape index (κ2) is 11.1. The summed E-state index contributed by atoms with van der Waals surface area (Å²) in [6.45, 7) is 0. The van der Waals surface area contributed by atoms with Gasteiger partial charge in [-0.2, -0.15) is 0 Å². The van der Waals surface area contributed by atoms with Crippen molar-refractivity contribution in [2.24, 2.45) is 5.92 Å². The van der Waals surface area contributed by atoms with E-state index in [9.17, 15) is 9.18 Å². The Labute approximate surface area is 212 Å². The fourth-order valence-corrected chi connectivity index (χ4v) is 6.16. The number of aryl methyl sites for hydroxylation is 2. The number of hydrogen-bond acceptors (Lipinski definition) is 2. The van der Waals surface area contributed by atoms with E-state index in [0.717, 1.165) is 61.8 Å². The van der Waals surface area contributed by atoms with Crippen molar-refractivity contribution in [3.63, 3.8) is 0 Å². The van der Waals surface area contributed by atoms with Gasteiger partial charge in [0.2, 0.25) is 5.91 Å². The first-order valence-electron chi connectivity index (χ1n) is 13.3. The molecule has 1 unspecified atom stereocenters. The van der Waals surface area contributed by atoms with Crippen LogP contribution in [0.4, 0.5) is 4.39 Å². The van der Waals surface area contributed by atoms with E-state index in [2.05, 4.69) is 9.88 Å². The molecule has 2 aromatic carbocycles. The maximum Gasteiger partial charge on any atom is 0.243 e. The van der Waals surface area contributed by atoms with Gasteiger partial charge in [-0.25, -0.2) is 9.37 Å². The third kappa shape index (κ3) is 5.72. The first-order chi connectivity index (χ1) is 17.1. The van der Waals surface area contributed by atoms with Gasteiger partial charge < -0.3 is 9.88 Å². The van der Waals surface area contributed by atoms with Crippen molar-refractivity contribution < 1.29 is 9.18 Å². The third-order valence-electron chi connectivity index (χ3n) is 7.87. The van der Waals surface area contributed by atoms with Gasteiger partial charge in [0.05, 0.1) is 11.0 Å². The molecule has 0 aliphatic heterocycles. The molecule has 1 N–H and O–H groups in total. The molecule has 0 bridgehead atoms. The number of amides is 1. The Morgan fingerprint density at radius 3 is 2.37 bits per heavy atom. The van der Waals surface area contributed by atoms with Crippen LogP contribution in [0.25, 0.3) is 11.0 Å². The van der Waals surface area contributed by atoms with Gasteiger partial charge >= 0.3 is 0 Å². The number of rotatable bonds is 7. The zero-order chi connectivity index (χ0) is 24.2. The summed E-state index contributed by atoms with van der Waals surface area (Å²) in [6.07, 6.45) is 12.7. The summed E-state index contributed by atoms with van der Waals surface area (Å²) in [7, 11) is 0. The Balaban J connectivity index is 1.52. The highest BCUT2D eigenvalue weighted by molar-refractivity contribution is 6.30. The molecule has 1 aromatic heterocycles. The molecule has 2 fully saturated rings. The highest BCUT2D eigenvalue weighted by atomic mass is 35.5. The predicted molar refractivity (Wildman–Crippen MR) is 139 cm³/mol. The number of carbonyl (C=O) groups excluding carboxylic acids is 1. The van der Waals surface area contributed by atoms with E-state index in [4.69, 9.17) is 16.6 Å². The summed E-state index contributed by atoms with van der Waals surface area (Å²) in [5.74, 6) is 0.885. The number of benzene rings is 2. The number of hydrogen-bond donors (Lipinski definition) is 1. The molecule has 4 nitrogen and oxygen atoms in total. The minimum atomic E-state index is -0.357. The summed E-state index contributed by atoms with van der Waals surface area (Å²) >= 11 is 6.07. The predicted octanol–water partition coefficient (Wildman–Crippen LogP) is 7.18. The maximum atomic E-state index is 14.4. The first kappa shape index (κ1) is 24.3. The normalized spacial score (nSPS) is 18.6. The summed E-state index contributed by atoms with van der Waals surface area (Å²) in [4.78, 5) is 18.9. The van der Waals surface area contributed by atoms with Gasteiger partial charge in [-0.05, 0) is 73.9 Å². The molecular weight excluding hydrogens is 461 g/mol. The quantitative estimate of drug-likeness (QED) is 0.377. The zero-order valence-electron chi connectivity index (χ0n) is 20.3. The number of nitrogens with zero attached hydrogens (tertiary/aromatic N) is 2. The van der Waals surface area contributed by atoms with E-state index in [0.29, 0.717) is 11.4 Å². The highest BCUT2D eigenvalue weighted by Gasteiger charge is 2.35. The van der Waals surface area contributed by atoms with Gasteiger partial charge in [0, 0.05) is 17.5 Å². The average molecular weight is 496 g/mol. The standard InChI is InChI=1S/C29H35ClFN3O/c30-22-14-11-20(12-15-22)13-18-27-33-25-17-16-23(31)19-26(25)34(27)28(21-7-3-1-4-8-21)29(35)32-24-9-5-2-6-10-24/h11-12,14-17,19,21,24,28H,1-10,13,18H2,(H,32,35). The second-order valence-electron chi connectivity index (χ2n) is 10.3. The van der Waals surface area contributed by atoms with Crippen LogP contribution in [0.1, 0.15) is 81.6 Å². The van der Waals surface area contributed by atoms with Crippen molar-refractivity contribution in [1.29, 1.82) is 0 Å². The minimum Gasteiger partial charge on any atom is -0.352 e. The Hall–Kier alpha value is -2.40. The van der Waals surface area contributed by atoms with E-state index in [1.54, 1.807) is 12.1 Å². The van der Waals surface area contributed by atoms with Crippen LogP contribution in [-0.2, 0) is 17.6 Å². The van der Waals surface area contributed by atoms with Gasteiger partial charge in [0.25, 0.3) is 0 Å². The van der Waals surface area contributed by atoms with E-state index < -0.39 is 0 Å². The fraction of sp³-hybridized carbons (Fsp3) is 0.517. The minimum absolute atomic E-state index is 0.0834. The summed E-state index contributed by atoms with van der Waals surface area (Å²) < 4.78 is 16.5. The fourth-order valence-electron chi connectivity index (χ4n) is 6.04. The SMILES string of the molecule is O=C(NC1CCCCC1)C(C1CCCCC1)n1c(CCc2ccc(Cl)cc2)nc2ccc(F)cc21. The van der Waals surface area contributed by atoms with Crippen molar-refractivity contribution >= 4 is 28.5 Å². The number of nitrogens with one attached hydrogen (secondary N) is 1. The van der Waals surface area contributed by atoms with E-state index in [1.165, 1.54) is 37.3 Å². The molecule has 0 spiro atoms. The van der Waals surface area contributed by atoms with Gasteiger partial charge in [-0.3, -0.25) is 4.79 Å². The van der Waals surface area contributed by atoms with Crippen LogP contribution in [0.5, 0.6) is 0 Å².